The van der Waals surface area contributed by atoms with Crippen molar-refractivity contribution in [3.63, 3.8) is 0 Å². The van der Waals surface area contributed by atoms with Gasteiger partial charge in [0.15, 0.2) is 0 Å². The van der Waals surface area contributed by atoms with Crippen LogP contribution >= 0.6 is 0 Å². The van der Waals surface area contributed by atoms with E-state index < -0.39 is 0 Å². The third-order valence-corrected chi connectivity index (χ3v) is 5.13. The SMILES string of the molecule is C/C(=N\NC(=O)CCCCCCC(=O)N/N=C(\C)c1cccc(C)c1)c1cccc(C)c1. The van der Waals surface area contributed by atoms with Crippen LogP contribution in [0.1, 0.15) is 74.6 Å². The van der Waals surface area contributed by atoms with Gasteiger partial charge in [0.05, 0.1) is 11.4 Å². The Morgan fingerprint density at radius 1 is 0.688 bits per heavy atom. The zero-order valence-electron chi connectivity index (χ0n) is 19.6. The Bertz CT molecular complexity index is 900. The fourth-order valence-corrected chi connectivity index (χ4v) is 3.20. The van der Waals surface area contributed by atoms with Gasteiger partial charge in [-0.15, -0.1) is 0 Å². The topological polar surface area (TPSA) is 82.9 Å². The summed E-state index contributed by atoms with van der Waals surface area (Å²) in [4.78, 5) is 24.0. The van der Waals surface area contributed by atoms with Gasteiger partial charge in [-0.05, 0) is 51.7 Å². The van der Waals surface area contributed by atoms with E-state index >= 15 is 0 Å². The minimum Gasteiger partial charge on any atom is -0.273 e. The van der Waals surface area contributed by atoms with Gasteiger partial charge in [0.25, 0.3) is 0 Å². The van der Waals surface area contributed by atoms with Gasteiger partial charge in [0, 0.05) is 12.8 Å². The Balaban J connectivity index is 1.58. The summed E-state index contributed by atoms with van der Waals surface area (Å²) in [5.41, 5.74) is 11.1. The molecule has 0 atom stereocenters. The van der Waals surface area contributed by atoms with E-state index in [4.69, 9.17) is 0 Å². The van der Waals surface area contributed by atoms with Crippen molar-refractivity contribution in [3.05, 3.63) is 70.8 Å². The molecule has 2 amide bonds. The molecule has 0 saturated carbocycles. The average Bonchev–Trinajstić information content (AvgIpc) is 2.78. The molecule has 170 valence electrons. The van der Waals surface area contributed by atoms with Crippen molar-refractivity contribution in [3.8, 4) is 0 Å². The van der Waals surface area contributed by atoms with Gasteiger partial charge in [-0.2, -0.15) is 10.2 Å². The van der Waals surface area contributed by atoms with Crippen LogP contribution in [0.15, 0.2) is 58.7 Å². The van der Waals surface area contributed by atoms with E-state index in [0.29, 0.717) is 12.8 Å². The number of hydrogen-bond donors (Lipinski definition) is 2. The summed E-state index contributed by atoms with van der Waals surface area (Å²) in [6.07, 6.45) is 4.20. The zero-order valence-corrected chi connectivity index (χ0v) is 19.6. The molecule has 0 radical (unpaired) electrons. The Morgan fingerprint density at radius 3 is 1.47 bits per heavy atom. The molecule has 2 aromatic rings. The lowest BCUT2D eigenvalue weighted by atomic mass is 10.1. The fourth-order valence-electron chi connectivity index (χ4n) is 3.20. The molecular weight excluding hydrogens is 400 g/mol. The van der Waals surface area contributed by atoms with Crippen molar-refractivity contribution in [2.45, 2.75) is 66.2 Å². The smallest absolute Gasteiger partial charge is 0.240 e. The average molecular weight is 435 g/mol. The number of nitrogens with zero attached hydrogens (tertiary/aromatic N) is 2. The number of hydrazone groups is 2. The minimum atomic E-state index is -0.0873. The highest BCUT2D eigenvalue weighted by Gasteiger charge is 2.04. The molecule has 0 aliphatic heterocycles. The van der Waals surface area contributed by atoms with E-state index in [9.17, 15) is 9.59 Å². The van der Waals surface area contributed by atoms with E-state index in [0.717, 1.165) is 59.4 Å². The van der Waals surface area contributed by atoms with Crippen LogP contribution in [0.2, 0.25) is 0 Å². The second-order valence-electron chi connectivity index (χ2n) is 8.12. The Morgan fingerprint density at radius 2 is 1.09 bits per heavy atom. The molecule has 2 N–H and O–H groups in total. The highest BCUT2D eigenvalue weighted by Crippen LogP contribution is 2.08. The first kappa shape index (κ1) is 25.0. The number of aryl methyl sites for hydroxylation is 2. The van der Waals surface area contributed by atoms with Crippen molar-refractivity contribution in [1.82, 2.24) is 10.9 Å². The van der Waals surface area contributed by atoms with Crippen LogP contribution in [0.5, 0.6) is 0 Å². The third-order valence-electron chi connectivity index (χ3n) is 5.13. The lowest BCUT2D eigenvalue weighted by Gasteiger charge is -2.05. The number of rotatable bonds is 11. The molecule has 0 spiro atoms. The second kappa shape index (κ2) is 13.2. The molecule has 0 unspecified atom stereocenters. The quantitative estimate of drug-likeness (QED) is 0.296. The van der Waals surface area contributed by atoms with Gasteiger partial charge in [-0.3, -0.25) is 9.59 Å². The maximum Gasteiger partial charge on any atom is 0.240 e. The fraction of sp³-hybridized carbons (Fsp3) is 0.385. The zero-order chi connectivity index (χ0) is 23.3. The molecule has 32 heavy (non-hydrogen) atoms. The van der Waals surface area contributed by atoms with Crippen LogP contribution in [0, 0.1) is 13.8 Å². The first-order valence-electron chi connectivity index (χ1n) is 11.2. The maximum absolute atomic E-state index is 12.0. The van der Waals surface area contributed by atoms with Crippen molar-refractivity contribution in [1.29, 1.82) is 0 Å². The third kappa shape index (κ3) is 9.25. The summed E-state index contributed by atoms with van der Waals surface area (Å²) in [7, 11) is 0. The first-order chi connectivity index (χ1) is 15.3. The van der Waals surface area contributed by atoms with Gasteiger partial charge >= 0.3 is 0 Å². The monoisotopic (exact) mass is 434 g/mol. The number of carbonyl (C=O) groups excluding carboxylic acids is 2. The molecular formula is C26H34N4O2. The second-order valence-corrected chi connectivity index (χ2v) is 8.12. The molecule has 0 bridgehead atoms. The predicted octanol–water partition coefficient (Wildman–Crippen LogP) is 5.02. The molecule has 0 aliphatic carbocycles. The number of hydrogen-bond acceptors (Lipinski definition) is 4. The Hall–Kier alpha value is -3.28. The minimum absolute atomic E-state index is 0.0873. The Kier molecular flexibility index (Phi) is 10.3. The maximum atomic E-state index is 12.0. The molecule has 6 nitrogen and oxygen atoms in total. The van der Waals surface area contributed by atoms with Crippen LogP contribution < -0.4 is 10.9 Å². The normalized spacial score (nSPS) is 11.9. The summed E-state index contributed by atoms with van der Waals surface area (Å²) in [5.74, 6) is -0.175. The highest BCUT2D eigenvalue weighted by molar-refractivity contribution is 5.99. The van der Waals surface area contributed by atoms with Crippen molar-refractivity contribution >= 4 is 23.2 Å². The van der Waals surface area contributed by atoms with Gasteiger partial charge in [0.2, 0.25) is 11.8 Å². The number of unbranched alkanes of at least 4 members (excludes halogenated alkanes) is 3. The van der Waals surface area contributed by atoms with Gasteiger partial charge in [-0.25, -0.2) is 10.9 Å². The molecule has 2 aromatic carbocycles. The molecule has 0 aliphatic rings. The van der Waals surface area contributed by atoms with E-state index in [1.807, 2.05) is 76.2 Å². The summed E-state index contributed by atoms with van der Waals surface area (Å²) in [5, 5.41) is 8.37. The van der Waals surface area contributed by atoms with E-state index in [2.05, 4.69) is 21.1 Å². The van der Waals surface area contributed by atoms with Crippen LogP contribution in [0.3, 0.4) is 0 Å². The summed E-state index contributed by atoms with van der Waals surface area (Å²) >= 11 is 0. The number of amides is 2. The number of nitrogens with one attached hydrogen (secondary N) is 2. The molecule has 2 rings (SSSR count). The van der Waals surface area contributed by atoms with Crippen molar-refractivity contribution in [2.24, 2.45) is 10.2 Å². The van der Waals surface area contributed by atoms with Crippen molar-refractivity contribution in [2.75, 3.05) is 0 Å². The summed E-state index contributed by atoms with van der Waals surface area (Å²) in [6.45, 7) is 7.82. The lowest BCUT2D eigenvalue weighted by molar-refractivity contribution is -0.122. The van der Waals surface area contributed by atoms with E-state index in [-0.39, 0.29) is 11.8 Å². The Labute approximate surface area is 191 Å². The van der Waals surface area contributed by atoms with Crippen LogP contribution in [0.4, 0.5) is 0 Å². The molecule has 0 fully saturated rings. The van der Waals surface area contributed by atoms with Gasteiger partial charge in [-0.1, -0.05) is 72.5 Å². The van der Waals surface area contributed by atoms with E-state index in [1.54, 1.807) is 0 Å². The van der Waals surface area contributed by atoms with Crippen LogP contribution in [0.25, 0.3) is 0 Å². The highest BCUT2D eigenvalue weighted by atomic mass is 16.2. The standard InChI is InChI=1S/C26H34N4O2/c1-19-11-9-13-23(17-19)21(3)27-29-25(31)15-7-5-6-8-16-26(32)30-28-22(4)24-14-10-12-20(2)18-24/h9-14,17-18H,5-8,15-16H2,1-4H3,(H,29,31)(H,30,32)/b27-21+,28-22+. The number of carbonyl (C=O) groups is 2. The van der Waals surface area contributed by atoms with Crippen molar-refractivity contribution < 1.29 is 9.59 Å². The van der Waals surface area contributed by atoms with Gasteiger partial charge < -0.3 is 0 Å². The lowest BCUT2D eigenvalue weighted by Crippen LogP contribution is -2.19. The van der Waals surface area contributed by atoms with Crippen LogP contribution in [-0.4, -0.2) is 23.2 Å². The van der Waals surface area contributed by atoms with Gasteiger partial charge in [0.1, 0.15) is 0 Å². The summed E-state index contributed by atoms with van der Waals surface area (Å²) in [6, 6.07) is 16.0. The summed E-state index contributed by atoms with van der Waals surface area (Å²) < 4.78 is 0. The molecule has 0 saturated heterocycles. The molecule has 6 heteroatoms. The van der Waals surface area contributed by atoms with E-state index in [1.165, 1.54) is 0 Å². The predicted molar refractivity (Wildman–Crippen MR) is 131 cm³/mol. The molecule has 0 heterocycles. The molecule has 0 aromatic heterocycles. The first-order valence-corrected chi connectivity index (χ1v) is 11.2. The number of benzene rings is 2. The largest absolute Gasteiger partial charge is 0.273 e. The van der Waals surface area contributed by atoms with Crippen LogP contribution in [-0.2, 0) is 9.59 Å².